The van der Waals surface area contributed by atoms with Gasteiger partial charge in [-0.2, -0.15) is 0 Å². The van der Waals surface area contributed by atoms with Crippen LogP contribution in [-0.4, -0.2) is 30.5 Å². The van der Waals surface area contributed by atoms with E-state index in [1.165, 1.54) is 19.3 Å². The number of aliphatic hydroxyl groups excluding tert-OH is 1. The highest BCUT2D eigenvalue weighted by Crippen LogP contribution is 2.22. The summed E-state index contributed by atoms with van der Waals surface area (Å²) in [7, 11) is 0. The van der Waals surface area contributed by atoms with E-state index in [0.29, 0.717) is 19.3 Å². The molecule has 1 aliphatic rings. The minimum Gasteiger partial charge on any atom is -0.389 e. The van der Waals surface area contributed by atoms with E-state index in [2.05, 4.69) is 21.2 Å². The minimum absolute atomic E-state index is 0.354. The quantitative estimate of drug-likeness (QED) is 0.839. The predicted molar refractivity (Wildman–Crippen MR) is 81.5 cm³/mol. The molecule has 1 atom stereocenters. The molecule has 3 nitrogen and oxygen atoms in total. The average molecular weight is 328 g/mol. The largest absolute Gasteiger partial charge is 0.389 e. The van der Waals surface area contributed by atoms with Crippen LogP contribution in [0.5, 0.6) is 0 Å². The van der Waals surface area contributed by atoms with Crippen molar-refractivity contribution in [2.45, 2.75) is 44.3 Å². The Morgan fingerprint density at radius 1 is 1.26 bits per heavy atom. The second-order valence-corrected chi connectivity index (χ2v) is 5.96. The number of hydrogen-bond acceptors (Lipinski definition) is 3. The number of rotatable bonds is 6. The van der Waals surface area contributed by atoms with Crippen molar-refractivity contribution in [1.29, 1.82) is 0 Å². The molecule has 1 aliphatic carbocycles. The fourth-order valence-corrected chi connectivity index (χ4v) is 2.80. The number of ether oxygens (including phenoxy) is 1. The molecule has 0 bridgehead atoms. The Hall–Kier alpha value is -0.580. The first-order valence-electron chi connectivity index (χ1n) is 7.04. The third kappa shape index (κ3) is 5.13. The van der Waals surface area contributed by atoms with Crippen LogP contribution in [0.3, 0.4) is 0 Å². The highest BCUT2D eigenvalue weighted by atomic mass is 79.9. The summed E-state index contributed by atoms with van der Waals surface area (Å²) >= 11 is 3.47. The molecule has 4 heteroatoms. The third-order valence-corrected chi connectivity index (χ3v) is 4.17. The number of nitrogens with one attached hydrogen (secondary N) is 1. The molecule has 0 spiro atoms. The number of halogens is 1. The lowest BCUT2D eigenvalue weighted by Gasteiger charge is -2.23. The van der Waals surface area contributed by atoms with E-state index >= 15 is 0 Å². The molecule has 1 saturated carbocycles. The van der Waals surface area contributed by atoms with Crippen molar-refractivity contribution < 1.29 is 9.84 Å². The van der Waals surface area contributed by atoms with E-state index in [9.17, 15) is 5.11 Å². The van der Waals surface area contributed by atoms with Gasteiger partial charge in [0.05, 0.1) is 18.8 Å². The van der Waals surface area contributed by atoms with Crippen molar-refractivity contribution in [2.24, 2.45) is 0 Å². The molecule has 19 heavy (non-hydrogen) atoms. The summed E-state index contributed by atoms with van der Waals surface area (Å²) in [5.41, 5.74) is 0.999. The summed E-state index contributed by atoms with van der Waals surface area (Å²) in [6, 6.07) is 7.90. The molecular formula is C15H22BrNO2. The molecule has 106 valence electrons. The van der Waals surface area contributed by atoms with Crippen LogP contribution in [0.4, 0.5) is 5.69 Å². The van der Waals surface area contributed by atoms with Crippen LogP contribution in [0, 0.1) is 0 Å². The van der Waals surface area contributed by atoms with Crippen molar-refractivity contribution in [3.63, 3.8) is 0 Å². The number of aliphatic hydroxyl groups is 1. The van der Waals surface area contributed by atoms with Gasteiger partial charge in [0.15, 0.2) is 0 Å². The molecule has 0 amide bonds. The Morgan fingerprint density at radius 3 is 2.74 bits per heavy atom. The van der Waals surface area contributed by atoms with E-state index in [1.54, 1.807) is 0 Å². The van der Waals surface area contributed by atoms with Crippen LogP contribution < -0.4 is 5.32 Å². The lowest BCUT2D eigenvalue weighted by molar-refractivity contribution is -0.0195. The van der Waals surface area contributed by atoms with Crippen molar-refractivity contribution in [3.05, 3.63) is 28.7 Å². The van der Waals surface area contributed by atoms with Gasteiger partial charge in [-0.25, -0.2) is 0 Å². The monoisotopic (exact) mass is 327 g/mol. The summed E-state index contributed by atoms with van der Waals surface area (Å²) in [6.45, 7) is 0.928. The van der Waals surface area contributed by atoms with E-state index < -0.39 is 6.10 Å². The van der Waals surface area contributed by atoms with Crippen LogP contribution in [0.25, 0.3) is 0 Å². The average Bonchev–Trinajstić information content (AvgIpc) is 2.45. The lowest BCUT2D eigenvalue weighted by Crippen LogP contribution is -2.28. The highest BCUT2D eigenvalue weighted by molar-refractivity contribution is 9.10. The van der Waals surface area contributed by atoms with Gasteiger partial charge >= 0.3 is 0 Å². The maximum absolute atomic E-state index is 9.93. The Kier molecular flexibility index (Phi) is 6.14. The smallest absolute Gasteiger partial charge is 0.0945 e. The maximum Gasteiger partial charge on any atom is 0.0945 e. The SMILES string of the molecule is OC(CNc1ccccc1Br)COC1CCCCC1. The molecule has 2 N–H and O–H groups in total. The van der Waals surface area contributed by atoms with Gasteiger partial charge in [0.25, 0.3) is 0 Å². The van der Waals surface area contributed by atoms with Gasteiger partial charge in [-0.3, -0.25) is 0 Å². The topological polar surface area (TPSA) is 41.5 Å². The zero-order chi connectivity index (χ0) is 13.5. The minimum atomic E-state index is -0.464. The molecule has 1 aromatic rings. The van der Waals surface area contributed by atoms with Gasteiger partial charge in [0.2, 0.25) is 0 Å². The highest BCUT2D eigenvalue weighted by Gasteiger charge is 2.15. The molecule has 1 fully saturated rings. The number of para-hydroxylation sites is 1. The van der Waals surface area contributed by atoms with Gasteiger partial charge in [-0.1, -0.05) is 31.4 Å². The normalized spacial score (nSPS) is 18.2. The standard InChI is InChI=1S/C15H22BrNO2/c16-14-8-4-5-9-15(14)17-10-12(18)11-19-13-6-2-1-3-7-13/h4-5,8-9,12-13,17-18H,1-3,6-7,10-11H2. The molecule has 0 aromatic heterocycles. The molecule has 2 rings (SSSR count). The Balaban J connectivity index is 1.66. The van der Waals surface area contributed by atoms with Crippen LogP contribution >= 0.6 is 15.9 Å². The van der Waals surface area contributed by atoms with Crippen LogP contribution in [0.2, 0.25) is 0 Å². The summed E-state index contributed by atoms with van der Waals surface area (Å²) in [5, 5.41) is 13.2. The Morgan fingerprint density at radius 2 is 2.00 bits per heavy atom. The fourth-order valence-electron chi connectivity index (χ4n) is 2.37. The predicted octanol–water partition coefficient (Wildman–Crippen LogP) is 3.57. The second kappa shape index (κ2) is 7.88. The Labute approximate surface area is 123 Å². The first kappa shape index (κ1) is 14.8. The van der Waals surface area contributed by atoms with E-state index in [0.717, 1.165) is 23.0 Å². The number of anilines is 1. The molecule has 1 aromatic carbocycles. The molecule has 0 radical (unpaired) electrons. The van der Waals surface area contributed by atoms with Crippen LogP contribution in [-0.2, 0) is 4.74 Å². The maximum atomic E-state index is 9.93. The lowest BCUT2D eigenvalue weighted by atomic mass is 9.98. The fraction of sp³-hybridized carbons (Fsp3) is 0.600. The third-order valence-electron chi connectivity index (χ3n) is 3.48. The summed E-state index contributed by atoms with van der Waals surface area (Å²) in [6.07, 6.45) is 6.02. The van der Waals surface area contributed by atoms with E-state index in [-0.39, 0.29) is 0 Å². The summed E-state index contributed by atoms with van der Waals surface area (Å²) in [5.74, 6) is 0. The van der Waals surface area contributed by atoms with Gasteiger partial charge < -0.3 is 15.2 Å². The van der Waals surface area contributed by atoms with E-state index in [1.807, 2.05) is 24.3 Å². The Bertz CT molecular complexity index is 380. The van der Waals surface area contributed by atoms with E-state index in [4.69, 9.17) is 4.74 Å². The molecule has 1 unspecified atom stereocenters. The number of hydrogen-bond donors (Lipinski definition) is 2. The molecule has 0 saturated heterocycles. The van der Waals surface area contributed by atoms with Crippen molar-refractivity contribution in [1.82, 2.24) is 0 Å². The number of benzene rings is 1. The van der Waals surface area contributed by atoms with Crippen molar-refractivity contribution in [3.8, 4) is 0 Å². The zero-order valence-corrected chi connectivity index (χ0v) is 12.7. The van der Waals surface area contributed by atoms with Gasteiger partial charge in [0.1, 0.15) is 0 Å². The van der Waals surface area contributed by atoms with Crippen LogP contribution in [0.1, 0.15) is 32.1 Å². The van der Waals surface area contributed by atoms with Crippen molar-refractivity contribution in [2.75, 3.05) is 18.5 Å². The molecular weight excluding hydrogens is 306 g/mol. The summed E-state index contributed by atoms with van der Waals surface area (Å²) in [4.78, 5) is 0. The molecule has 0 aliphatic heterocycles. The second-order valence-electron chi connectivity index (χ2n) is 5.11. The van der Waals surface area contributed by atoms with Gasteiger partial charge in [0, 0.05) is 16.7 Å². The molecule has 0 heterocycles. The van der Waals surface area contributed by atoms with Gasteiger partial charge in [-0.15, -0.1) is 0 Å². The first-order chi connectivity index (χ1) is 9.25. The van der Waals surface area contributed by atoms with Crippen molar-refractivity contribution >= 4 is 21.6 Å². The zero-order valence-electron chi connectivity index (χ0n) is 11.1. The summed E-state index contributed by atoms with van der Waals surface area (Å²) < 4.78 is 6.77. The first-order valence-corrected chi connectivity index (χ1v) is 7.83. The van der Waals surface area contributed by atoms with Crippen LogP contribution in [0.15, 0.2) is 28.7 Å². The van der Waals surface area contributed by atoms with Gasteiger partial charge in [-0.05, 0) is 40.9 Å².